The molecule has 0 aliphatic rings. The zero-order valence-electron chi connectivity index (χ0n) is 23.7. The van der Waals surface area contributed by atoms with E-state index in [1.165, 1.54) is 20.2 Å². The fourth-order valence-corrected chi connectivity index (χ4v) is 4.74. The third-order valence-electron chi connectivity index (χ3n) is 6.15. The maximum atomic E-state index is 13.2. The number of pyridine rings is 1. The lowest BCUT2D eigenvalue weighted by molar-refractivity contribution is 0.101. The van der Waals surface area contributed by atoms with Gasteiger partial charge in [-0.05, 0) is 41.3 Å². The fraction of sp³-hybridized carbons (Fsp3) is 0.233. The van der Waals surface area contributed by atoms with Crippen LogP contribution >= 0.6 is 0 Å². The predicted octanol–water partition coefficient (Wildman–Crippen LogP) is 6.55. The van der Waals surface area contributed by atoms with Crippen molar-refractivity contribution < 1.29 is 27.5 Å². The fourth-order valence-electron chi connectivity index (χ4n) is 4.19. The van der Waals surface area contributed by atoms with E-state index in [4.69, 9.17) is 9.47 Å². The number of ketones is 1. The second-order valence-electron chi connectivity index (χ2n) is 10.5. The highest BCUT2D eigenvalue weighted by Gasteiger charge is 2.22. The van der Waals surface area contributed by atoms with Crippen molar-refractivity contribution >= 4 is 49.7 Å². The Labute approximate surface area is 239 Å². The van der Waals surface area contributed by atoms with Crippen molar-refractivity contribution in [3.05, 3.63) is 78.1 Å². The topological polar surface area (TPSA) is 136 Å². The molecule has 1 aromatic heterocycles. The number of benzene rings is 3. The molecule has 4 rings (SSSR count). The molecule has 0 aliphatic heterocycles. The van der Waals surface area contributed by atoms with E-state index in [0.717, 1.165) is 22.6 Å². The molecule has 1 heterocycles. The Morgan fingerprint density at radius 2 is 1.54 bits per heavy atom. The number of anilines is 3. The molecule has 0 radical (unpaired) electrons. The maximum Gasteiger partial charge on any atom is 0.323 e. The van der Waals surface area contributed by atoms with Crippen LogP contribution in [0.25, 0.3) is 10.8 Å². The Kier molecular flexibility index (Phi) is 8.20. The van der Waals surface area contributed by atoms with Gasteiger partial charge in [-0.3, -0.25) is 14.5 Å². The number of carbonyl (C=O) groups excluding carboxylic acids is 2. The molecule has 0 aliphatic carbocycles. The van der Waals surface area contributed by atoms with Crippen molar-refractivity contribution in [2.45, 2.75) is 33.1 Å². The van der Waals surface area contributed by atoms with Gasteiger partial charge in [-0.25, -0.2) is 13.2 Å². The van der Waals surface area contributed by atoms with Gasteiger partial charge in [-0.2, -0.15) is 0 Å². The Balaban J connectivity index is 1.66. The average Bonchev–Trinajstić information content (AvgIpc) is 2.88. The highest BCUT2D eigenvalue weighted by atomic mass is 32.2. The van der Waals surface area contributed by atoms with Crippen molar-refractivity contribution in [1.29, 1.82) is 0 Å². The molecular formula is C30H32N4O6S. The lowest BCUT2D eigenvalue weighted by Gasteiger charge is -2.24. The number of hydrogen-bond acceptors (Lipinski definition) is 7. The zero-order chi connectivity index (χ0) is 29.9. The van der Waals surface area contributed by atoms with Crippen LogP contribution in [-0.2, 0) is 15.4 Å². The van der Waals surface area contributed by atoms with E-state index in [0.29, 0.717) is 28.6 Å². The number of amides is 2. The van der Waals surface area contributed by atoms with Gasteiger partial charge < -0.3 is 20.1 Å². The number of methoxy groups -OCH3 is 1. The highest BCUT2D eigenvalue weighted by Crippen LogP contribution is 2.39. The molecule has 0 saturated carbocycles. The van der Waals surface area contributed by atoms with Gasteiger partial charge in [-0.1, -0.05) is 45.0 Å². The summed E-state index contributed by atoms with van der Waals surface area (Å²) in [7, 11) is -2.21. The first-order chi connectivity index (χ1) is 19.2. The van der Waals surface area contributed by atoms with Crippen molar-refractivity contribution in [1.82, 2.24) is 4.98 Å². The zero-order valence-corrected chi connectivity index (χ0v) is 24.5. The summed E-state index contributed by atoms with van der Waals surface area (Å²) in [5, 5.41) is 7.13. The first-order valence-electron chi connectivity index (χ1n) is 12.7. The number of sulfonamides is 1. The SMILES string of the molecule is COc1c(NC(=O)Nc2ccc(Oc3ccnc(C(C)=O)c3)c3ccccc23)cc(C(C)(C)C)cc1NS(C)(=O)=O. The van der Waals surface area contributed by atoms with Gasteiger partial charge in [0.15, 0.2) is 11.5 Å². The van der Waals surface area contributed by atoms with Crippen LogP contribution in [0.2, 0.25) is 0 Å². The van der Waals surface area contributed by atoms with Crippen LogP contribution in [0.15, 0.2) is 66.9 Å². The van der Waals surface area contributed by atoms with E-state index in [9.17, 15) is 18.0 Å². The molecule has 3 N–H and O–H groups in total. The lowest BCUT2D eigenvalue weighted by Crippen LogP contribution is -2.22. The number of rotatable bonds is 8. The number of aromatic nitrogens is 1. The largest absolute Gasteiger partial charge is 0.492 e. The molecule has 10 nitrogen and oxygen atoms in total. The summed E-state index contributed by atoms with van der Waals surface area (Å²) in [5.41, 5.74) is 1.77. The highest BCUT2D eigenvalue weighted by molar-refractivity contribution is 7.92. The van der Waals surface area contributed by atoms with Gasteiger partial charge >= 0.3 is 6.03 Å². The van der Waals surface area contributed by atoms with E-state index < -0.39 is 16.1 Å². The molecule has 11 heteroatoms. The minimum absolute atomic E-state index is 0.172. The van der Waals surface area contributed by atoms with E-state index >= 15 is 0 Å². The van der Waals surface area contributed by atoms with Crippen LogP contribution in [0.3, 0.4) is 0 Å². The molecule has 2 amide bonds. The quantitative estimate of drug-likeness (QED) is 0.202. The molecule has 0 fully saturated rings. The van der Waals surface area contributed by atoms with Crippen LogP contribution in [-0.4, -0.2) is 38.6 Å². The van der Waals surface area contributed by atoms with E-state index in [-0.39, 0.29) is 22.6 Å². The van der Waals surface area contributed by atoms with Crippen molar-refractivity contribution in [3.8, 4) is 17.2 Å². The molecule has 41 heavy (non-hydrogen) atoms. The predicted molar refractivity (Wildman–Crippen MR) is 161 cm³/mol. The lowest BCUT2D eigenvalue weighted by atomic mass is 9.86. The number of fused-ring (bicyclic) bond motifs is 1. The monoisotopic (exact) mass is 576 g/mol. The summed E-state index contributed by atoms with van der Waals surface area (Å²) in [6.07, 6.45) is 2.56. The molecule has 4 aromatic rings. The molecule has 0 unspecified atom stereocenters. The summed E-state index contributed by atoms with van der Waals surface area (Å²) in [6, 6.07) is 17.0. The number of urea groups is 1. The van der Waals surface area contributed by atoms with Crippen LogP contribution in [0.5, 0.6) is 17.2 Å². The average molecular weight is 577 g/mol. The first-order valence-corrected chi connectivity index (χ1v) is 14.6. The standard InChI is InChI=1S/C30H32N4O6S/c1-18(35)24-17-20(13-14-31-24)40-27-12-11-23(21-9-7-8-10-22(21)27)32-29(36)33-25-15-19(30(2,3)4)16-26(28(25)39-5)34-41(6,37)38/h7-17,34H,1-6H3,(H2,32,33,36). The molecule has 0 atom stereocenters. The number of hydrogen-bond donors (Lipinski definition) is 3. The van der Waals surface area contributed by atoms with Crippen LogP contribution in [0, 0.1) is 0 Å². The molecule has 0 spiro atoms. The van der Waals surface area contributed by atoms with Crippen molar-refractivity contribution in [2.24, 2.45) is 0 Å². The molecule has 0 bridgehead atoms. The minimum atomic E-state index is -3.61. The Morgan fingerprint density at radius 1 is 0.878 bits per heavy atom. The summed E-state index contributed by atoms with van der Waals surface area (Å²) >= 11 is 0. The van der Waals surface area contributed by atoms with Gasteiger partial charge in [0.2, 0.25) is 10.0 Å². The number of carbonyl (C=O) groups is 2. The smallest absolute Gasteiger partial charge is 0.323 e. The summed E-state index contributed by atoms with van der Waals surface area (Å²) < 4.78 is 38.1. The van der Waals surface area contributed by atoms with Crippen molar-refractivity contribution in [2.75, 3.05) is 28.7 Å². The third-order valence-corrected chi connectivity index (χ3v) is 6.75. The van der Waals surface area contributed by atoms with Gasteiger partial charge in [0.25, 0.3) is 0 Å². The molecule has 214 valence electrons. The minimum Gasteiger partial charge on any atom is -0.492 e. The van der Waals surface area contributed by atoms with Crippen LogP contribution in [0.1, 0.15) is 43.7 Å². The normalized spacial score (nSPS) is 11.6. The number of ether oxygens (including phenoxy) is 2. The second-order valence-corrected chi connectivity index (χ2v) is 12.2. The van der Waals surface area contributed by atoms with Gasteiger partial charge in [0, 0.05) is 30.0 Å². The van der Waals surface area contributed by atoms with Gasteiger partial charge in [-0.15, -0.1) is 0 Å². The van der Waals surface area contributed by atoms with Crippen molar-refractivity contribution in [3.63, 3.8) is 0 Å². The summed E-state index contributed by atoms with van der Waals surface area (Å²) in [6.45, 7) is 7.37. The van der Waals surface area contributed by atoms with E-state index in [1.54, 1.807) is 36.4 Å². The van der Waals surface area contributed by atoms with Gasteiger partial charge in [0.05, 0.1) is 30.4 Å². The molecule has 0 saturated heterocycles. The number of nitrogens with one attached hydrogen (secondary N) is 3. The number of nitrogens with zero attached hydrogens (tertiary/aromatic N) is 1. The Bertz CT molecular complexity index is 1750. The third kappa shape index (κ3) is 7.12. The molecular weight excluding hydrogens is 544 g/mol. The van der Waals surface area contributed by atoms with E-state index in [1.807, 2.05) is 45.0 Å². The van der Waals surface area contributed by atoms with Crippen LogP contribution < -0.4 is 24.8 Å². The second kappa shape index (κ2) is 11.5. The summed E-state index contributed by atoms with van der Waals surface area (Å²) in [4.78, 5) is 29.0. The Morgan fingerprint density at radius 3 is 2.17 bits per heavy atom. The number of Topliss-reactive ketones (excluding diaryl/α,β-unsaturated/α-hetero) is 1. The van der Waals surface area contributed by atoms with Gasteiger partial charge in [0.1, 0.15) is 17.2 Å². The Hall–Kier alpha value is -4.64. The van der Waals surface area contributed by atoms with E-state index in [2.05, 4.69) is 20.3 Å². The van der Waals surface area contributed by atoms with Crippen LogP contribution in [0.4, 0.5) is 21.9 Å². The molecule has 3 aromatic carbocycles. The summed E-state index contributed by atoms with van der Waals surface area (Å²) in [5.74, 6) is 0.991. The maximum absolute atomic E-state index is 13.2. The first kappa shape index (κ1) is 29.3.